The minimum atomic E-state index is -3.25. The van der Waals surface area contributed by atoms with Crippen molar-refractivity contribution in [2.75, 3.05) is 36.7 Å². The van der Waals surface area contributed by atoms with Crippen molar-refractivity contribution in [3.63, 3.8) is 0 Å². The minimum absolute atomic E-state index is 0. The van der Waals surface area contributed by atoms with Crippen LogP contribution in [0.1, 0.15) is 22.8 Å². The minimum Gasteiger partial charge on any atom is -0.336 e. The van der Waals surface area contributed by atoms with Crippen LogP contribution in [0.3, 0.4) is 0 Å². The van der Waals surface area contributed by atoms with Crippen LogP contribution in [0.15, 0.2) is 18.2 Å². The van der Waals surface area contributed by atoms with Gasteiger partial charge in [-0.05, 0) is 37.1 Å². The third-order valence-corrected chi connectivity index (χ3v) is 5.42. The summed E-state index contributed by atoms with van der Waals surface area (Å²) in [5, 5.41) is 3.32. The monoisotopic (exact) mass is 359 g/mol. The standard InChI is InChI=1S/C15H21N3O3S.ClH/c1-11-10-17(8-6-16-11)15(19)13-3-4-14-12(9-13)5-7-18(14)22(2,20)21;/h3-4,9,11,16H,5-8,10H2,1-2H3;1H. The van der Waals surface area contributed by atoms with Gasteiger partial charge >= 0.3 is 0 Å². The molecular formula is C15H22ClN3O3S. The number of rotatable bonds is 2. The van der Waals surface area contributed by atoms with Gasteiger partial charge < -0.3 is 10.2 Å². The molecule has 8 heteroatoms. The van der Waals surface area contributed by atoms with Gasteiger partial charge in [0.1, 0.15) is 0 Å². The van der Waals surface area contributed by atoms with E-state index in [0.717, 1.165) is 12.1 Å². The lowest BCUT2D eigenvalue weighted by atomic mass is 10.1. The highest BCUT2D eigenvalue weighted by molar-refractivity contribution is 7.92. The van der Waals surface area contributed by atoms with E-state index in [-0.39, 0.29) is 18.3 Å². The number of fused-ring (bicyclic) bond motifs is 1. The van der Waals surface area contributed by atoms with Gasteiger partial charge in [0.25, 0.3) is 5.91 Å². The summed E-state index contributed by atoms with van der Waals surface area (Å²) >= 11 is 0. The highest BCUT2D eigenvalue weighted by Gasteiger charge is 2.28. The van der Waals surface area contributed by atoms with Gasteiger partial charge in [-0.3, -0.25) is 9.10 Å². The van der Waals surface area contributed by atoms with E-state index in [1.165, 1.54) is 10.6 Å². The summed E-state index contributed by atoms with van der Waals surface area (Å²) in [6, 6.07) is 5.63. The fourth-order valence-corrected chi connectivity index (χ4v) is 4.11. The van der Waals surface area contributed by atoms with Gasteiger partial charge in [0.2, 0.25) is 10.0 Å². The molecule has 128 valence electrons. The van der Waals surface area contributed by atoms with E-state index < -0.39 is 10.0 Å². The molecule has 6 nitrogen and oxygen atoms in total. The Bertz CT molecular complexity index is 708. The summed E-state index contributed by atoms with van der Waals surface area (Å²) in [6.07, 6.45) is 1.87. The summed E-state index contributed by atoms with van der Waals surface area (Å²) in [4.78, 5) is 14.4. The van der Waals surface area contributed by atoms with Crippen molar-refractivity contribution in [2.24, 2.45) is 0 Å². The van der Waals surface area contributed by atoms with Crippen LogP contribution in [0.2, 0.25) is 0 Å². The van der Waals surface area contributed by atoms with Crippen LogP contribution < -0.4 is 9.62 Å². The number of nitrogens with zero attached hydrogens (tertiary/aromatic N) is 2. The van der Waals surface area contributed by atoms with Crippen molar-refractivity contribution in [1.82, 2.24) is 10.2 Å². The molecule has 1 aromatic rings. The number of anilines is 1. The zero-order valence-electron chi connectivity index (χ0n) is 13.3. The van der Waals surface area contributed by atoms with Crippen molar-refractivity contribution in [1.29, 1.82) is 0 Å². The van der Waals surface area contributed by atoms with Crippen LogP contribution in [0, 0.1) is 0 Å². The van der Waals surface area contributed by atoms with E-state index in [0.29, 0.717) is 43.3 Å². The predicted molar refractivity (Wildman–Crippen MR) is 93.0 cm³/mol. The molecule has 1 aromatic carbocycles. The summed E-state index contributed by atoms with van der Waals surface area (Å²) in [6.45, 7) is 4.73. The molecule has 0 aliphatic carbocycles. The number of halogens is 1. The van der Waals surface area contributed by atoms with Crippen LogP contribution in [-0.2, 0) is 16.4 Å². The molecule has 1 N–H and O–H groups in total. The van der Waals surface area contributed by atoms with Gasteiger partial charge in [-0.2, -0.15) is 0 Å². The van der Waals surface area contributed by atoms with E-state index in [1.54, 1.807) is 12.1 Å². The smallest absolute Gasteiger partial charge is 0.253 e. The summed E-state index contributed by atoms with van der Waals surface area (Å²) in [5.74, 6) is 0.0222. The second-order valence-corrected chi connectivity index (χ2v) is 7.94. The molecule has 0 aromatic heterocycles. The average Bonchev–Trinajstić information content (AvgIpc) is 2.89. The number of piperazine rings is 1. The molecule has 23 heavy (non-hydrogen) atoms. The SMILES string of the molecule is CC1CN(C(=O)c2ccc3c(c2)CCN3S(C)(=O)=O)CCN1.Cl. The first-order valence-corrected chi connectivity index (χ1v) is 9.34. The Morgan fingerprint density at radius 3 is 2.70 bits per heavy atom. The Balaban J connectivity index is 0.00000192. The summed E-state index contributed by atoms with van der Waals surface area (Å²) < 4.78 is 24.9. The van der Waals surface area contributed by atoms with Crippen molar-refractivity contribution in [3.8, 4) is 0 Å². The van der Waals surface area contributed by atoms with Crippen molar-refractivity contribution < 1.29 is 13.2 Å². The summed E-state index contributed by atoms with van der Waals surface area (Å²) in [7, 11) is -3.25. The Morgan fingerprint density at radius 1 is 1.30 bits per heavy atom. The molecule has 0 bridgehead atoms. The van der Waals surface area contributed by atoms with Gasteiger partial charge in [0, 0.05) is 37.8 Å². The van der Waals surface area contributed by atoms with Gasteiger partial charge in [-0.25, -0.2) is 8.42 Å². The van der Waals surface area contributed by atoms with Crippen LogP contribution in [0.25, 0.3) is 0 Å². The zero-order chi connectivity index (χ0) is 15.9. The first-order chi connectivity index (χ1) is 10.4. The fraction of sp³-hybridized carbons (Fsp3) is 0.533. The lowest BCUT2D eigenvalue weighted by Gasteiger charge is -2.32. The molecule has 2 aliphatic heterocycles. The highest BCUT2D eigenvalue weighted by atomic mass is 35.5. The molecule has 0 saturated carbocycles. The van der Waals surface area contributed by atoms with E-state index >= 15 is 0 Å². The number of nitrogens with one attached hydrogen (secondary N) is 1. The van der Waals surface area contributed by atoms with E-state index in [1.807, 2.05) is 11.0 Å². The number of hydrogen-bond donors (Lipinski definition) is 1. The van der Waals surface area contributed by atoms with Gasteiger partial charge in [0.15, 0.2) is 0 Å². The number of sulfonamides is 1. The van der Waals surface area contributed by atoms with Crippen LogP contribution in [0.5, 0.6) is 0 Å². The maximum absolute atomic E-state index is 12.6. The van der Waals surface area contributed by atoms with Crippen molar-refractivity contribution in [3.05, 3.63) is 29.3 Å². The highest BCUT2D eigenvalue weighted by Crippen LogP contribution is 2.31. The Hall–Kier alpha value is -1.31. The molecule has 3 rings (SSSR count). The maximum atomic E-state index is 12.6. The Kier molecular flexibility index (Phi) is 5.23. The number of carbonyl (C=O) groups is 1. The third-order valence-electron chi connectivity index (χ3n) is 4.24. The van der Waals surface area contributed by atoms with Crippen molar-refractivity contribution in [2.45, 2.75) is 19.4 Å². The van der Waals surface area contributed by atoms with Gasteiger partial charge in [0.05, 0.1) is 11.9 Å². The van der Waals surface area contributed by atoms with Crippen LogP contribution in [0.4, 0.5) is 5.69 Å². The lowest BCUT2D eigenvalue weighted by molar-refractivity contribution is 0.0709. The lowest BCUT2D eigenvalue weighted by Crippen LogP contribution is -2.51. The quantitative estimate of drug-likeness (QED) is 0.850. The largest absolute Gasteiger partial charge is 0.336 e. The molecule has 1 amide bonds. The fourth-order valence-electron chi connectivity index (χ4n) is 3.15. The summed E-state index contributed by atoms with van der Waals surface area (Å²) in [5.41, 5.74) is 2.27. The topological polar surface area (TPSA) is 69.7 Å². The first kappa shape index (κ1) is 18.0. The molecular weight excluding hydrogens is 338 g/mol. The molecule has 1 unspecified atom stereocenters. The second-order valence-electron chi connectivity index (χ2n) is 6.03. The number of carbonyl (C=O) groups excluding carboxylic acids is 1. The van der Waals surface area contributed by atoms with Gasteiger partial charge in [-0.1, -0.05) is 0 Å². The molecule has 1 atom stereocenters. The van der Waals surface area contributed by atoms with E-state index in [4.69, 9.17) is 0 Å². The third kappa shape index (κ3) is 3.62. The average molecular weight is 360 g/mol. The van der Waals surface area contributed by atoms with Crippen LogP contribution >= 0.6 is 12.4 Å². The maximum Gasteiger partial charge on any atom is 0.253 e. The van der Waals surface area contributed by atoms with E-state index in [9.17, 15) is 13.2 Å². The second kappa shape index (κ2) is 6.67. The van der Waals surface area contributed by atoms with E-state index in [2.05, 4.69) is 12.2 Å². The molecule has 1 fully saturated rings. The van der Waals surface area contributed by atoms with Crippen LogP contribution in [-0.4, -0.2) is 57.7 Å². The molecule has 2 aliphatic rings. The predicted octanol–water partition coefficient (Wildman–Crippen LogP) is 0.864. The normalized spacial score (nSPS) is 20.9. The Morgan fingerprint density at radius 2 is 2.04 bits per heavy atom. The number of hydrogen-bond acceptors (Lipinski definition) is 4. The molecule has 0 spiro atoms. The van der Waals surface area contributed by atoms with Crippen molar-refractivity contribution >= 4 is 34.0 Å². The first-order valence-electron chi connectivity index (χ1n) is 7.49. The number of benzene rings is 1. The zero-order valence-corrected chi connectivity index (χ0v) is 14.9. The number of amides is 1. The Labute approximate surface area is 143 Å². The molecule has 1 saturated heterocycles. The molecule has 2 heterocycles. The molecule has 0 radical (unpaired) electrons. The van der Waals surface area contributed by atoms with Gasteiger partial charge in [-0.15, -0.1) is 12.4 Å².